The van der Waals surface area contributed by atoms with Crippen LogP contribution in [0.15, 0.2) is 17.5 Å². The highest BCUT2D eigenvalue weighted by atomic mass is 32.1. The van der Waals surface area contributed by atoms with E-state index in [1.807, 2.05) is 18.4 Å². The number of hydrogen-bond donors (Lipinski definition) is 2. The molecular formula is C12H19NO3S. The second-order valence-electron chi connectivity index (χ2n) is 4.33. The van der Waals surface area contributed by atoms with Gasteiger partial charge in [0.25, 0.3) is 0 Å². The monoisotopic (exact) mass is 257 g/mol. The third-order valence-electron chi connectivity index (χ3n) is 2.51. The summed E-state index contributed by atoms with van der Waals surface area (Å²) in [6, 6.07) is 4.28. The molecule has 2 unspecified atom stereocenters. The molecule has 17 heavy (non-hydrogen) atoms. The van der Waals surface area contributed by atoms with E-state index in [-0.39, 0.29) is 12.6 Å². The first-order chi connectivity index (χ1) is 7.95. The second-order valence-corrected chi connectivity index (χ2v) is 5.36. The number of aliphatic hydroxyl groups is 1. The van der Waals surface area contributed by atoms with Gasteiger partial charge >= 0.3 is 5.97 Å². The SMILES string of the molecule is COC(=O)C(C)(O)CNC(C)Cc1cccs1. The van der Waals surface area contributed by atoms with Crippen molar-refractivity contribution in [2.75, 3.05) is 13.7 Å². The minimum absolute atomic E-state index is 0.187. The molecule has 0 radical (unpaired) electrons. The maximum Gasteiger partial charge on any atom is 0.338 e. The number of thiophene rings is 1. The molecule has 1 heterocycles. The molecule has 0 bridgehead atoms. The molecule has 5 heteroatoms. The molecule has 0 saturated carbocycles. The van der Waals surface area contributed by atoms with Crippen molar-refractivity contribution >= 4 is 17.3 Å². The Morgan fingerprint density at radius 1 is 1.71 bits per heavy atom. The normalized spacial score (nSPS) is 16.2. The van der Waals surface area contributed by atoms with Crippen LogP contribution in [-0.4, -0.2) is 36.4 Å². The fourth-order valence-electron chi connectivity index (χ4n) is 1.47. The Balaban J connectivity index is 2.37. The van der Waals surface area contributed by atoms with E-state index in [0.29, 0.717) is 0 Å². The lowest BCUT2D eigenvalue weighted by Crippen LogP contribution is -2.48. The summed E-state index contributed by atoms with van der Waals surface area (Å²) in [6.45, 7) is 3.66. The minimum atomic E-state index is -1.47. The standard InChI is InChI=1S/C12H19NO3S/c1-9(7-10-5-4-6-17-10)13-8-12(2,15)11(14)16-3/h4-6,9,13,15H,7-8H2,1-3H3. The predicted octanol–water partition coefficient (Wildman–Crippen LogP) is 1.19. The van der Waals surface area contributed by atoms with Gasteiger partial charge in [-0.25, -0.2) is 4.79 Å². The van der Waals surface area contributed by atoms with Crippen molar-refractivity contribution in [1.29, 1.82) is 0 Å². The topological polar surface area (TPSA) is 58.6 Å². The summed E-state index contributed by atoms with van der Waals surface area (Å²) in [5.41, 5.74) is -1.47. The number of rotatable bonds is 6. The van der Waals surface area contributed by atoms with Crippen molar-refractivity contribution in [3.63, 3.8) is 0 Å². The van der Waals surface area contributed by atoms with Gasteiger partial charge < -0.3 is 15.2 Å². The third-order valence-corrected chi connectivity index (χ3v) is 3.41. The Morgan fingerprint density at radius 2 is 2.41 bits per heavy atom. The van der Waals surface area contributed by atoms with Crippen LogP contribution < -0.4 is 5.32 Å². The lowest BCUT2D eigenvalue weighted by molar-refractivity contribution is -0.160. The first kappa shape index (κ1) is 14.2. The quantitative estimate of drug-likeness (QED) is 0.752. The molecule has 4 nitrogen and oxygen atoms in total. The fraction of sp³-hybridized carbons (Fsp3) is 0.583. The van der Waals surface area contributed by atoms with Crippen molar-refractivity contribution in [2.45, 2.75) is 31.9 Å². The molecule has 0 aromatic carbocycles. The van der Waals surface area contributed by atoms with Gasteiger partial charge in [-0.3, -0.25) is 0 Å². The summed E-state index contributed by atoms with van der Waals surface area (Å²) in [5.74, 6) is -0.617. The van der Waals surface area contributed by atoms with Gasteiger partial charge in [-0.15, -0.1) is 11.3 Å². The van der Waals surface area contributed by atoms with Crippen LogP contribution in [0.5, 0.6) is 0 Å². The zero-order chi connectivity index (χ0) is 12.9. The van der Waals surface area contributed by atoms with Gasteiger partial charge in [0, 0.05) is 17.5 Å². The molecule has 1 aromatic rings. The maximum absolute atomic E-state index is 11.3. The van der Waals surface area contributed by atoms with Gasteiger partial charge in [0.15, 0.2) is 5.60 Å². The number of methoxy groups -OCH3 is 1. The number of esters is 1. The summed E-state index contributed by atoms with van der Waals surface area (Å²) in [5, 5.41) is 15.0. The number of carbonyl (C=O) groups is 1. The van der Waals surface area contributed by atoms with Crippen molar-refractivity contribution in [2.24, 2.45) is 0 Å². The average Bonchev–Trinajstić information content (AvgIpc) is 2.78. The molecule has 96 valence electrons. The van der Waals surface area contributed by atoms with E-state index in [0.717, 1.165) is 6.42 Å². The van der Waals surface area contributed by atoms with Crippen LogP contribution in [0.4, 0.5) is 0 Å². The van der Waals surface area contributed by atoms with Crippen molar-refractivity contribution in [1.82, 2.24) is 5.32 Å². The molecule has 0 fully saturated rings. The summed E-state index contributed by atoms with van der Waals surface area (Å²) in [7, 11) is 1.27. The zero-order valence-electron chi connectivity index (χ0n) is 10.4. The van der Waals surface area contributed by atoms with Gasteiger partial charge in [-0.05, 0) is 31.7 Å². The molecule has 0 aliphatic carbocycles. The maximum atomic E-state index is 11.3. The number of nitrogens with one attached hydrogen (secondary N) is 1. The van der Waals surface area contributed by atoms with Crippen LogP contribution in [0.2, 0.25) is 0 Å². The average molecular weight is 257 g/mol. The highest BCUT2D eigenvalue weighted by molar-refractivity contribution is 7.09. The zero-order valence-corrected chi connectivity index (χ0v) is 11.2. The number of ether oxygens (including phenoxy) is 1. The Morgan fingerprint density at radius 3 is 2.94 bits per heavy atom. The van der Waals surface area contributed by atoms with E-state index < -0.39 is 11.6 Å². The van der Waals surface area contributed by atoms with Crippen LogP contribution in [0.3, 0.4) is 0 Å². The van der Waals surface area contributed by atoms with Crippen LogP contribution in [0.1, 0.15) is 18.7 Å². The molecule has 1 rings (SSSR count). The Bertz CT molecular complexity index is 349. The van der Waals surface area contributed by atoms with Crippen LogP contribution in [0.25, 0.3) is 0 Å². The first-order valence-electron chi connectivity index (χ1n) is 5.52. The minimum Gasteiger partial charge on any atom is -0.467 e. The number of carbonyl (C=O) groups excluding carboxylic acids is 1. The van der Waals surface area contributed by atoms with Crippen LogP contribution in [0, 0.1) is 0 Å². The molecular weight excluding hydrogens is 238 g/mol. The van der Waals surface area contributed by atoms with Crippen molar-refractivity contribution in [3.8, 4) is 0 Å². The Kier molecular flexibility index (Phi) is 5.11. The lowest BCUT2D eigenvalue weighted by Gasteiger charge is -2.23. The van der Waals surface area contributed by atoms with Gasteiger partial charge in [0.2, 0.25) is 0 Å². The molecule has 0 aliphatic rings. The van der Waals surface area contributed by atoms with Gasteiger partial charge in [0.1, 0.15) is 0 Å². The van der Waals surface area contributed by atoms with E-state index in [1.165, 1.54) is 18.9 Å². The van der Waals surface area contributed by atoms with Crippen molar-refractivity contribution in [3.05, 3.63) is 22.4 Å². The van der Waals surface area contributed by atoms with Crippen molar-refractivity contribution < 1.29 is 14.6 Å². The smallest absolute Gasteiger partial charge is 0.338 e. The Hall–Kier alpha value is -0.910. The van der Waals surface area contributed by atoms with Gasteiger partial charge in [-0.1, -0.05) is 6.07 Å². The van der Waals surface area contributed by atoms with E-state index in [9.17, 15) is 9.90 Å². The van der Waals surface area contributed by atoms with Gasteiger partial charge in [-0.2, -0.15) is 0 Å². The van der Waals surface area contributed by atoms with E-state index >= 15 is 0 Å². The highest BCUT2D eigenvalue weighted by Gasteiger charge is 2.31. The van der Waals surface area contributed by atoms with E-state index in [1.54, 1.807) is 11.3 Å². The fourth-order valence-corrected chi connectivity index (χ4v) is 2.30. The summed E-state index contributed by atoms with van der Waals surface area (Å²) < 4.78 is 4.53. The lowest BCUT2D eigenvalue weighted by atomic mass is 10.1. The molecule has 0 amide bonds. The summed E-state index contributed by atoms with van der Waals surface area (Å²) >= 11 is 1.70. The largest absolute Gasteiger partial charge is 0.467 e. The summed E-state index contributed by atoms with van der Waals surface area (Å²) in [4.78, 5) is 12.5. The summed E-state index contributed by atoms with van der Waals surface area (Å²) in [6.07, 6.45) is 0.884. The molecule has 2 N–H and O–H groups in total. The van der Waals surface area contributed by atoms with Gasteiger partial charge in [0.05, 0.1) is 7.11 Å². The molecule has 0 saturated heterocycles. The first-order valence-corrected chi connectivity index (χ1v) is 6.40. The van der Waals surface area contributed by atoms with Crippen LogP contribution >= 0.6 is 11.3 Å². The predicted molar refractivity (Wildman–Crippen MR) is 68.1 cm³/mol. The third kappa shape index (κ3) is 4.46. The van der Waals surface area contributed by atoms with Crippen LogP contribution in [-0.2, 0) is 16.0 Å². The second kappa shape index (κ2) is 6.14. The molecule has 0 spiro atoms. The molecule has 0 aliphatic heterocycles. The Labute approximate surface area is 106 Å². The molecule has 2 atom stereocenters. The molecule has 1 aromatic heterocycles. The number of hydrogen-bond acceptors (Lipinski definition) is 5. The highest BCUT2D eigenvalue weighted by Crippen LogP contribution is 2.11. The van der Waals surface area contributed by atoms with E-state index in [2.05, 4.69) is 16.1 Å². The van der Waals surface area contributed by atoms with E-state index in [4.69, 9.17) is 0 Å².